The maximum atomic E-state index is 12.8. The number of carboxylic acid groups (broad SMARTS) is 1. The van der Waals surface area contributed by atoms with Crippen molar-refractivity contribution in [1.29, 1.82) is 0 Å². The van der Waals surface area contributed by atoms with Crippen LogP contribution in [0.1, 0.15) is 181 Å². The van der Waals surface area contributed by atoms with Gasteiger partial charge in [-0.25, -0.2) is 0 Å². The van der Waals surface area contributed by atoms with Crippen LogP contribution in [0.2, 0.25) is 0 Å². The molecule has 0 fully saturated rings. The molecule has 0 rings (SSSR count). The van der Waals surface area contributed by atoms with Crippen LogP contribution >= 0.6 is 0 Å². The molecule has 0 aliphatic rings. The van der Waals surface area contributed by atoms with Crippen LogP contribution in [0.5, 0.6) is 0 Å². The van der Waals surface area contributed by atoms with Crippen LogP contribution in [0.25, 0.3) is 0 Å². The van der Waals surface area contributed by atoms with Crippen LogP contribution < -0.4 is 5.11 Å². The number of hydrogen-bond donors (Lipinski definition) is 0. The quantitative estimate of drug-likeness (QED) is 0.0260. The molecule has 0 amide bonds. The Morgan fingerprint density at radius 1 is 0.492 bits per heavy atom. The summed E-state index contributed by atoms with van der Waals surface area (Å²) in [6.07, 6.45) is 60.0. The minimum atomic E-state index is -1.13. The fraction of sp³-hybridized carbons (Fsp3) is 0.655. The zero-order chi connectivity index (χ0) is 46.3. The second-order valence-electron chi connectivity index (χ2n) is 17.3. The van der Waals surface area contributed by atoms with Crippen LogP contribution in [0, 0.1) is 0 Å². The Bertz CT molecular complexity index is 1350. The first-order valence-corrected chi connectivity index (χ1v) is 24.8. The summed E-state index contributed by atoms with van der Waals surface area (Å²) in [7, 11) is 5.39. The first kappa shape index (κ1) is 59.2. The summed E-state index contributed by atoms with van der Waals surface area (Å²) in [5.74, 6) is -1.80. The SMILES string of the molecule is CC/C=C/C/C=C/C/C=C/C/C=C/C/C=C/C/C=C/CCCCCC(=O)OCC(COCCC(C(=O)[O-])[N+](C)(C)C)OC(=O)CCCCCCCCC/C=C/C/C=C/CCCCC. The average Bonchev–Trinajstić information content (AvgIpc) is 3.24. The van der Waals surface area contributed by atoms with E-state index in [0.717, 1.165) is 103 Å². The molecule has 0 aromatic carbocycles. The minimum absolute atomic E-state index is 0.0207. The lowest BCUT2D eigenvalue weighted by molar-refractivity contribution is -0.889. The van der Waals surface area contributed by atoms with Gasteiger partial charge in [0.25, 0.3) is 0 Å². The lowest BCUT2D eigenvalue weighted by Crippen LogP contribution is -2.55. The first-order valence-electron chi connectivity index (χ1n) is 24.8. The topological polar surface area (TPSA) is 102 Å². The third-order valence-electron chi connectivity index (χ3n) is 10.5. The normalized spacial score (nSPS) is 13.7. The zero-order valence-corrected chi connectivity index (χ0v) is 40.7. The van der Waals surface area contributed by atoms with E-state index in [1.807, 2.05) is 0 Å². The van der Waals surface area contributed by atoms with Crippen molar-refractivity contribution in [1.82, 2.24) is 0 Å². The molecule has 0 saturated heterocycles. The highest BCUT2D eigenvalue weighted by Crippen LogP contribution is 2.13. The van der Waals surface area contributed by atoms with Gasteiger partial charge in [0.15, 0.2) is 6.10 Å². The molecule has 358 valence electrons. The summed E-state index contributed by atoms with van der Waals surface area (Å²) in [4.78, 5) is 37.0. The van der Waals surface area contributed by atoms with E-state index >= 15 is 0 Å². The van der Waals surface area contributed by atoms with Crippen LogP contribution in [0.4, 0.5) is 0 Å². The van der Waals surface area contributed by atoms with E-state index in [4.69, 9.17) is 14.2 Å². The fourth-order valence-corrected chi connectivity index (χ4v) is 6.63. The molecule has 63 heavy (non-hydrogen) atoms. The Kier molecular flexibility index (Phi) is 42.2. The van der Waals surface area contributed by atoms with Gasteiger partial charge in [-0.1, -0.05) is 162 Å². The van der Waals surface area contributed by atoms with Crippen LogP contribution in [0.3, 0.4) is 0 Å². The van der Waals surface area contributed by atoms with Gasteiger partial charge in [-0.2, -0.15) is 0 Å². The molecule has 0 heterocycles. The predicted octanol–water partition coefficient (Wildman–Crippen LogP) is 12.9. The van der Waals surface area contributed by atoms with Gasteiger partial charge in [-0.3, -0.25) is 9.59 Å². The molecule has 2 atom stereocenters. The molecular weight excluding hydrogens is 787 g/mol. The van der Waals surface area contributed by atoms with E-state index in [0.29, 0.717) is 12.8 Å². The Hall–Kier alpha value is -3.75. The number of likely N-dealkylation sites (N-methyl/N-ethyl adjacent to an activating group) is 1. The van der Waals surface area contributed by atoms with Crippen molar-refractivity contribution in [2.45, 2.75) is 193 Å². The van der Waals surface area contributed by atoms with Gasteiger partial charge in [0.2, 0.25) is 0 Å². The van der Waals surface area contributed by atoms with Crippen molar-refractivity contribution in [3.05, 3.63) is 97.2 Å². The van der Waals surface area contributed by atoms with Gasteiger partial charge >= 0.3 is 11.9 Å². The van der Waals surface area contributed by atoms with Crippen LogP contribution in [0.15, 0.2) is 97.2 Å². The number of carbonyl (C=O) groups is 3. The van der Waals surface area contributed by atoms with Crippen molar-refractivity contribution in [3.63, 3.8) is 0 Å². The molecule has 0 spiro atoms. The predicted molar refractivity (Wildman–Crippen MR) is 263 cm³/mol. The molecule has 2 unspecified atom stereocenters. The highest BCUT2D eigenvalue weighted by molar-refractivity contribution is 5.70. The monoisotopic (exact) mass is 878 g/mol. The Balaban J connectivity index is 4.37. The largest absolute Gasteiger partial charge is 0.544 e. The zero-order valence-electron chi connectivity index (χ0n) is 40.7. The number of hydrogen-bond acceptors (Lipinski definition) is 7. The maximum absolute atomic E-state index is 12.8. The number of carbonyl (C=O) groups excluding carboxylic acids is 3. The molecule has 8 nitrogen and oxygen atoms in total. The maximum Gasteiger partial charge on any atom is 0.306 e. The molecular formula is C55H91NO7. The highest BCUT2D eigenvalue weighted by Gasteiger charge is 2.25. The van der Waals surface area contributed by atoms with E-state index in [-0.39, 0.29) is 42.7 Å². The van der Waals surface area contributed by atoms with Crippen molar-refractivity contribution in [2.24, 2.45) is 0 Å². The van der Waals surface area contributed by atoms with Gasteiger partial charge in [-0.05, 0) is 96.3 Å². The number of unbranched alkanes of at least 4 members (excludes halogenated alkanes) is 13. The summed E-state index contributed by atoms with van der Waals surface area (Å²) >= 11 is 0. The summed E-state index contributed by atoms with van der Waals surface area (Å²) in [5.41, 5.74) is 0. The Morgan fingerprint density at radius 2 is 0.889 bits per heavy atom. The van der Waals surface area contributed by atoms with Crippen molar-refractivity contribution >= 4 is 17.9 Å². The lowest BCUT2D eigenvalue weighted by atomic mass is 10.1. The summed E-state index contributed by atoms with van der Waals surface area (Å²) < 4.78 is 17.2. The molecule has 0 N–H and O–H groups in total. The van der Waals surface area contributed by atoms with Crippen molar-refractivity contribution in [3.8, 4) is 0 Å². The average molecular weight is 878 g/mol. The van der Waals surface area contributed by atoms with E-state index in [9.17, 15) is 19.5 Å². The van der Waals surface area contributed by atoms with Gasteiger partial charge in [-0.15, -0.1) is 0 Å². The smallest absolute Gasteiger partial charge is 0.306 e. The second-order valence-corrected chi connectivity index (χ2v) is 17.3. The Labute approximate surface area is 386 Å². The van der Waals surface area contributed by atoms with E-state index in [1.54, 1.807) is 21.1 Å². The molecule has 0 aromatic rings. The number of ether oxygens (including phenoxy) is 3. The van der Waals surface area contributed by atoms with Gasteiger partial charge in [0.1, 0.15) is 12.6 Å². The third-order valence-corrected chi connectivity index (χ3v) is 10.5. The first-order chi connectivity index (χ1) is 30.6. The summed E-state index contributed by atoms with van der Waals surface area (Å²) in [6, 6.07) is -0.738. The second kappa shape index (κ2) is 44.8. The third kappa shape index (κ3) is 43.3. The number of aliphatic carboxylic acids is 1. The number of rotatable bonds is 43. The molecule has 0 radical (unpaired) electrons. The van der Waals surface area contributed by atoms with Crippen LogP contribution in [-0.2, 0) is 28.6 Å². The van der Waals surface area contributed by atoms with Gasteiger partial charge in [0, 0.05) is 19.3 Å². The summed E-state index contributed by atoms with van der Waals surface area (Å²) in [6.45, 7) is 4.47. The minimum Gasteiger partial charge on any atom is -0.544 e. The number of carboxylic acids is 1. The molecule has 0 aliphatic carbocycles. The van der Waals surface area contributed by atoms with E-state index < -0.39 is 18.1 Å². The van der Waals surface area contributed by atoms with Crippen LogP contribution in [-0.4, -0.2) is 75.5 Å². The highest BCUT2D eigenvalue weighted by atomic mass is 16.6. The summed E-state index contributed by atoms with van der Waals surface area (Å²) in [5, 5.41) is 11.7. The number of allylic oxidation sites excluding steroid dienone is 16. The van der Waals surface area contributed by atoms with Gasteiger partial charge < -0.3 is 28.6 Å². The standard InChI is InChI=1S/C55H91NO7/c1-6-8-10-12-14-16-18-20-22-24-25-26-27-28-30-31-33-35-37-39-41-43-45-53(57)62-50-51(49-61-48-47-52(55(59)60)56(3,4)5)63-54(58)46-44-42-40-38-36-34-32-29-23-21-19-17-15-13-11-9-7-2/h8,10,14-17,20-23,25-26,28,30,33,35,51-52H,6-7,9,11-13,18-19,24,27,29,31-32,34,36-50H2,1-5H3/b10-8+,16-14+,17-15+,22-20+,23-21+,26-25+,30-28+,35-33+. The molecule has 8 heteroatoms. The molecule has 0 saturated carbocycles. The fourth-order valence-electron chi connectivity index (χ4n) is 6.63. The number of esters is 2. The molecule has 0 bridgehead atoms. The molecule has 0 aromatic heterocycles. The van der Waals surface area contributed by atoms with E-state index in [2.05, 4.69) is 111 Å². The van der Waals surface area contributed by atoms with Crippen molar-refractivity contribution < 1.29 is 38.2 Å². The lowest BCUT2D eigenvalue weighted by Gasteiger charge is -2.34. The Morgan fingerprint density at radius 3 is 1.33 bits per heavy atom. The molecule has 0 aliphatic heterocycles. The number of quaternary nitrogens is 1. The number of nitrogens with zero attached hydrogens (tertiary/aromatic N) is 1. The van der Waals surface area contributed by atoms with Crippen molar-refractivity contribution in [2.75, 3.05) is 41.0 Å². The van der Waals surface area contributed by atoms with E-state index in [1.165, 1.54) is 44.9 Å². The van der Waals surface area contributed by atoms with Gasteiger partial charge in [0.05, 0.1) is 40.3 Å².